The molecular formula is C9H11ClN2. The van der Waals surface area contributed by atoms with Gasteiger partial charge in [-0.05, 0) is 17.5 Å². The van der Waals surface area contributed by atoms with Crippen molar-refractivity contribution in [3.05, 3.63) is 35.4 Å². The lowest BCUT2D eigenvalue weighted by Gasteiger charge is -1.98. The van der Waals surface area contributed by atoms with E-state index in [1.54, 1.807) is 6.21 Å². The van der Waals surface area contributed by atoms with E-state index in [1.165, 1.54) is 5.56 Å². The maximum atomic E-state index is 5.61. The molecule has 0 heterocycles. The van der Waals surface area contributed by atoms with Crippen molar-refractivity contribution in [2.24, 2.45) is 10.9 Å². The van der Waals surface area contributed by atoms with Gasteiger partial charge in [-0.1, -0.05) is 24.3 Å². The molecule has 1 aromatic rings. The van der Waals surface area contributed by atoms with Crippen LogP contribution in [0.2, 0.25) is 0 Å². The number of hydrogen-bond acceptors (Lipinski definition) is 2. The van der Waals surface area contributed by atoms with Crippen molar-refractivity contribution in [2.75, 3.05) is 5.88 Å². The van der Waals surface area contributed by atoms with Crippen molar-refractivity contribution in [1.29, 1.82) is 0 Å². The summed E-state index contributed by atoms with van der Waals surface area (Å²) in [4.78, 5) is 0. The van der Waals surface area contributed by atoms with Crippen LogP contribution in [0.4, 0.5) is 0 Å². The molecule has 3 heteroatoms. The predicted octanol–water partition coefficient (Wildman–Crippen LogP) is 1.76. The van der Waals surface area contributed by atoms with Crippen LogP contribution >= 0.6 is 11.6 Å². The molecule has 12 heavy (non-hydrogen) atoms. The van der Waals surface area contributed by atoms with E-state index in [2.05, 4.69) is 5.10 Å². The van der Waals surface area contributed by atoms with E-state index in [9.17, 15) is 0 Å². The van der Waals surface area contributed by atoms with Gasteiger partial charge in [-0.3, -0.25) is 0 Å². The Morgan fingerprint density at radius 2 is 2.33 bits per heavy atom. The maximum Gasteiger partial charge on any atom is 0.0538 e. The van der Waals surface area contributed by atoms with E-state index in [0.717, 1.165) is 12.0 Å². The predicted molar refractivity (Wildman–Crippen MR) is 52.6 cm³/mol. The van der Waals surface area contributed by atoms with Crippen LogP contribution in [0.1, 0.15) is 11.1 Å². The summed E-state index contributed by atoms with van der Waals surface area (Å²) in [6.45, 7) is 0. The molecule has 1 aromatic carbocycles. The third kappa shape index (κ3) is 2.55. The molecule has 0 atom stereocenters. The van der Waals surface area contributed by atoms with Gasteiger partial charge >= 0.3 is 0 Å². The van der Waals surface area contributed by atoms with E-state index in [0.29, 0.717) is 5.88 Å². The standard InChI is InChI=1S/C9H11ClN2/c10-5-4-8-2-1-3-9(6-8)7-12-11/h1-3,6-7H,4-5,11H2. The fourth-order valence-corrected chi connectivity index (χ4v) is 1.24. The minimum atomic E-state index is 0.642. The summed E-state index contributed by atoms with van der Waals surface area (Å²) >= 11 is 5.61. The molecule has 0 aliphatic rings. The molecule has 0 amide bonds. The van der Waals surface area contributed by atoms with E-state index in [4.69, 9.17) is 17.4 Å². The average Bonchev–Trinajstić information content (AvgIpc) is 2.06. The number of hydrogen-bond donors (Lipinski definition) is 1. The monoisotopic (exact) mass is 182 g/mol. The van der Waals surface area contributed by atoms with Crippen LogP contribution in [0.3, 0.4) is 0 Å². The molecule has 0 spiro atoms. The molecule has 0 saturated heterocycles. The molecular weight excluding hydrogens is 172 g/mol. The minimum Gasteiger partial charge on any atom is -0.323 e. The van der Waals surface area contributed by atoms with Crippen molar-refractivity contribution < 1.29 is 0 Å². The first-order valence-corrected chi connectivity index (χ1v) is 4.28. The zero-order chi connectivity index (χ0) is 8.81. The van der Waals surface area contributed by atoms with E-state index >= 15 is 0 Å². The summed E-state index contributed by atoms with van der Waals surface area (Å²) in [6, 6.07) is 7.99. The number of nitrogens with two attached hydrogens (primary N) is 1. The van der Waals surface area contributed by atoms with Gasteiger partial charge in [0.25, 0.3) is 0 Å². The van der Waals surface area contributed by atoms with Crippen LogP contribution in [0.25, 0.3) is 0 Å². The second-order valence-electron chi connectivity index (χ2n) is 2.46. The highest BCUT2D eigenvalue weighted by molar-refractivity contribution is 6.18. The summed E-state index contributed by atoms with van der Waals surface area (Å²) in [5.74, 6) is 5.67. The first-order chi connectivity index (χ1) is 5.86. The van der Waals surface area contributed by atoms with Gasteiger partial charge in [0.05, 0.1) is 6.21 Å². The fourth-order valence-electron chi connectivity index (χ4n) is 1.02. The zero-order valence-corrected chi connectivity index (χ0v) is 7.46. The summed E-state index contributed by atoms with van der Waals surface area (Å²) in [5.41, 5.74) is 2.22. The number of halogens is 1. The van der Waals surface area contributed by atoms with Gasteiger partial charge < -0.3 is 5.84 Å². The number of benzene rings is 1. The van der Waals surface area contributed by atoms with Crippen LogP contribution in [0, 0.1) is 0 Å². The van der Waals surface area contributed by atoms with E-state index in [-0.39, 0.29) is 0 Å². The van der Waals surface area contributed by atoms with Crippen LogP contribution in [0.15, 0.2) is 29.4 Å². The van der Waals surface area contributed by atoms with Crippen LogP contribution in [-0.2, 0) is 6.42 Å². The Hall–Kier alpha value is -1.02. The Kier molecular flexibility index (Phi) is 3.61. The number of alkyl halides is 1. The molecule has 0 radical (unpaired) electrons. The number of nitrogens with zero attached hydrogens (tertiary/aromatic N) is 1. The fraction of sp³-hybridized carbons (Fsp3) is 0.222. The molecule has 1 rings (SSSR count). The Balaban J connectivity index is 2.80. The molecule has 2 nitrogen and oxygen atoms in total. The molecule has 0 fully saturated rings. The molecule has 0 aliphatic carbocycles. The van der Waals surface area contributed by atoms with Gasteiger partial charge in [0, 0.05) is 5.88 Å². The van der Waals surface area contributed by atoms with Crippen molar-refractivity contribution in [2.45, 2.75) is 6.42 Å². The van der Waals surface area contributed by atoms with Gasteiger partial charge in [0.2, 0.25) is 0 Å². The second-order valence-corrected chi connectivity index (χ2v) is 2.84. The van der Waals surface area contributed by atoms with Crippen molar-refractivity contribution in [3.63, 3.8) is 0 Å². The largest absolute Gasteiger partial charge is 0.323 e. The lowest BCUT2D eigenvalue weighted by molar-refractivity contribution is 1.15. The molecule has 0 unspecified atom stereocenters. The minimum absolute atomic E-state index is 0.642. The molecule has 0 aliphatic heterocycles. The van der Waals surface area contributed by atoms with Crippen molar-refractivity contribution >= 4 is 17.8 Å². The topological polar surface area (TPSA) is 38.4 Å². The molecule has 0 aromatic heterocycles. The summed E-state index contributed by atoms with van der Waals surface area (Å²) in [5, 5.41) is 3.45. The van der Waals surface area contributed by atoms with Crippen molar-refractivity contribution in [3.8, 4) is 0 Å². The molecule has 0 saturated carbocycles. The van der Waals surface area contributed by atoms with Gasteiger partial charge in [0.1, 0.15) is 0 Å². The zero-order valence-electron chi connectivity index (χ0n) is 6.70. The second kappa shape index (κ2) is 4.78. The first kappa shape index (κ1) is 9.07. The number of rotatable bonds is 3. The highest BCUT2D eigenvalue weighted by atomic mass is 35.5. The molecule has 0 bridgehead atoms. The first-order valence-electron chi connectivity index (χ1n) is 3.75. The van der Waals surface area contributed by atoms with Gasteiger partial charge in [-0.25, -0.2) is 0 Å². The Morgan fingerprint density at radius 1 is 1.50 bits per heavy atom. The van der Waals surface area contributed by atoms with Crippen LogP contribution in [0.5, 0.6) is 0 Å². The lowest BCUT2D eigenvalue weighted by Crippen LogP contribution is -1.90. The van der Waals surface area contributed by atoms with E-state index in [1.807, 2.05) is 24.3 Å². The van der Waals surface area contributed by atoms with Gasteiger partial charge in [0.15, 0.2) is 0 Å². The Labute approximate surface area is 77.0 Å². The average molecular weight is 183 g/mol. The SMILES string of the molecule is NN=Cc1cccc(CCCl)c1. The third-order valence-electron chi connectivity index (χ3n) is 1.56. The highest BCUT2D eigenvalue weighted by Crippen LogP contribution is 2.04. The summed E-state index contributed by atoms with van der Waals surface area (Å²) in [7, 11) is 0. The summed E-state index contributed by atoms with van der Waals surface area (Å²) in [6.07, 6.45) is 2.51. The van der Waals surface area contributed by atoms with E-state index < -0.39 is 0 Å². The van der Waals surface area contributed by atoms with Crippen molar-refractivity contribution in [1.82, 2.24) is 0 Å². The third-order valence-corrected chi connectivity index (χ3v) is 1.75. The number of aryl methyl sites for hydroxylation is 1. The van der Waals surface area contributed by atoms with Crippen LogP contribution in [-0.4, -0.2) is 12.1 Å². The van der Waals surface area contributed by atoms with Gasteiger partial charge in [-0.2, -0.15) is 5.10 Å². The Bertz CT molecular complexity index is 271. The van der Waals surface area contributed by atoms with Crippen LogP contribution < -0.4 is 5.84 Å². The lowest BCUT2D eigenvalue weighted by atomic mass is 10.1. The highest BCUT2D eigenvalue weighted by Gasteiger charge is 1.92. The Morgan fingerprint density at radius 3 is 3.00 bits per heavy atom. The maximum absolute atomic E-state index is 5.61. The molecule has 64 valence electrons. The quantitative estimate of drug-likeness (QED) is 0.329. The number of hydrazone groups is 1. The van der Waals surface area contributed by atoms with Gasteiger partial charge in [-0.15, -0.1) is 11.6 Å². The normalized spacial score (nSPS) is 10.8. The smallest absolute Gasteiger partial charge is 0.0538 e. The summed E-state index contributed by atoms with van der Waals surface area (Å²) < 4.78 is 0. The molecule has 2 N–H and O–H groups in total.